The van der Waals surface area contributed by atoms with Crippen molar-refractivity contribution in [3.63, 3.8) is 0 Å². The van der Waals surface area contributed by atoms with E-state index in [4.69, 9.17) is 9.47 Å². The number of hydrogen-bond donors (Lipinski definition) is 1. The third-order valence-electron chi connectivity index (χ3n) is 5.21. The minimum atomic E-state index is -0.274. The van der Waals surface area contributed by atoms with Crippen molar-refractivity contribution in [2.75, 3.05) is 12.4 Å². The van der Waals surface area contributed by atoms with Crippen LogP contribution in [-0.2, 0) is 14.3 Å². The van der Waals surface area contributed by atoms with Gasteiger partial charge in [0.25, 0.3) is 0 Å². The Morgan fingerprint density at radius 2 is 2.23 bits per heavy atom. The Kier molecular flexibility index (Phi) is 3.18. The van der Waals surface area contributed by atoms with Gasteiger partial charge in [-0.05, 0) is 37.0 Å². The molecule has 2 saturated carbocycles. The molecule has 5 atom stereocenters. The van der Waals surface area contributed by atoms with Crippen LogP contribution >= 0.6 is 15.9 Å². The number of carbonyl (C=O) groups excluding carboxylic acids is 2. The molecule has 116 valence electrons. The molecule has 2 bridgehead atoms. The molecule has 0 spiro atoms. The molecule has 2 aliphatic carbocycles. The highest BCUT2D eigenvalue weighted by Crippen LogP contribution is 2.57. The molecule has 3 fully saturated rings. The van der Waals surface area contributed by atoms with Crippen LogP contribution in [0, 0.1) is 23.7 Å². The van der Waals surface area contributed by atoms with Gasteiger partial charge in [0.1, 0.15) is 11.9 Å². The molecule has 1 saturated heterocycles. The number of esters is 1. The molecule has 4 rings (SSSR count). The maximum absolute atomic E-state index is 12.7. The van der Waals surface area contributed by atoms with Gasteiger partial charge in [0, 0.05) is 10.4 Å². The summed E-state index contributed by atoms with van der Waals surface area (Å²) in [6.45, 7) is 0. The molecule has 1 N–H and O–H groups in total. The molecular weight excluding hydrogens is 350 g/mol. The fraction of sp³-hybridized carbons (Fsp3) is 0.500. The number of methoxy groups -OCH3 is 1. The van der Waals surface area contributed by atoms with Crippen molar-refractivity contribution >= 4 is 33.5 Å². The van der Waals surface area contributed by atoms with Crippen molar-refractivity contribution in [3.8, 4) is 5.75 Å². The second-order valence-corrected chi connectivity index (χ2v) is 7.17. The van der Waals surface area contributed by atoms with E-state index in [-0.39, 0.29) is 41.7 Å². The highest BCUT2D eigenvalue weighted by atomic mass is 79.9. The molecule has 0 aromatic heterocycles. The maximum atomic E-state index is 12.7. The van der Waals surface area contributed by atoms with E-state index in [0.717, 1.165) is 17.3 Å². The van der Waals surface area contributed by atoms with E-state index in [1.165, 1.54) is 0 Å². The van der Waals surface area contributed by atoms with Crippen molar-refractivity contribution in [3.05, 3.63) is 22.7 Å². The summed E-state index contributed by atoms with van der Waals surface area (Å²) in [6.07, 6.45) is 1.80. The van der Waals surface area contributed by atoms with Crippen molar-refractivity contribution in [1.82, 2.24) is 0 Å². The minimum absolute atomic E-state index is 0.0498. The summed E-state index contributed by atoms with van der Waals surface area (Å²) >= 11 is 3.38. The number of anilines is 1. The highest BCUT2D eigenvalue weighted by Gasteiger charge is 2.63. The van der Waals surface area contributed by atoms with Crippen LogP contribution in [0.25, 0.3) is 0 Å². The zero-order chi connectivity index (χ0) is 15.4. The van der Waals surface area contributed by atoms with Crippen LogP contribution in [0.1, 0.15) is 12.8 Å². The van der Waals surface area contributed by atoms with E-state index >= 15 is 0 Å². The topological polar surface area (TPSA) is 64.6 Å². The normalized spacial score (nSPS) is 34.6. The molecule has 1 aromatic rings. The summed E-state index contributed by atoms with van der Waals surface area (Å²) in [5, 5.41) is 2.93. The lowest BCUT2D eigenvalue weighted by Gasteiger charge is -2.24. The van der Waals surface area contributed by atoms with Crippen molar-refractivity contribution in [1.29, 1.82) is 0 Å². The first-order valence-electron chi connectivity index (χ1n) is 7.43. The molecule has 22 heavy (non-hydrogen) atoms. The summed E-state index contributed by atoms with van der Waals surface area (Å²) in [5.74, 6) is 0.258. The van der Waals surface area contributed by atoms with Crippen LogP contribution < -0.4 is 10.1 Å². The minimum Gasteiger partial charge on any atom is -0.495 e. The number of rotatable bonds is 3. The molecule has 0 unspecified atom stereocenters. The zero-order valence-electron chi connectivity index (χ0n) is 12.0. The van der Waals surface area contributed by atoms with Gasteiger partial charge in [-0.3, -0.25) is 9.59 Å². The van der Waals surface area contributed by atoms with Gasteiger partial charge in [-0.1, -0.05) is 15.9 Å². The molecule has 0 radical (unpaired) electrons. The summed E-state index contributed by atoms with van der Waals surface area (Å²) in [4.78, 5) is 24.7. The summed E-state index contributed by atoms with van der Waals surface area (Å²) in [7, 11) is 1.56. The Bertz CT molecular complexity index is 660. The van der Waals surface area contributed by atoms with Crippen LogP contribution in [-0.4, -0.2) is 25.1 Å². The fourth-order valence-electron chi connectivity index (χ4n) is 4.35. The Labute approximate surface area is 136 Å². The monoisotopic (exact) mass is 365 g/mol. The van der Waals surface area contributed by atoms with Crippen LogP contribution in [0.5, 0.6) is 5.75 Å². The van der Waals surface area contributed by atoms with Crippen molar-refractivity contribution < 1.29 is 19.1 Å². The van der Waals surface area contributed by atoms with Gasteiger partial charge >= 0.3 is 5.97 Å². The van der Waals surface area contributed by atoms with Crippen molar-refractivity contribution in [2.24, 2.45) is 23.7 Å². The summed E-state index contributed by atoms with van der Waals surface area (Å²) in [6, 6.07) is 5.44. The first-order valence-corrected chi connectivity index (χ1v) is 8.22. The Morgan fingerprint density at radius 3 is 3.00 bits per heavy atom. The molecule has 1 aliphatic heterocycles. The van der Waals surface area contributed by atoms with Crippen LogP contribution in [0.4, 0.5) is 5.69 Å². The van der Waals surface area contributed by atoms with E-state index < -0.39 is 0 Å². The molecule has 6 heteroatoms. The van der Waals surface area contributed by atoms with Gasteiger partial charge in [-0.25, -0.2) is 0 Å². The lowest BCUT2D eigenvalue weighted by molar-refractivity contribution is -0.145. The zero-order valence-corrected chi connectivity index (χ0v) is 13.6. The quantitative estimate of drug-likeness (QED) is 0.836. The Balaban J connectivity index is 1.57. The molecule has 1 heterocycles. The average molecular weight is 366 g/mol. The lowest BCUT2D eigenvalue weighted by Crippen LogP contribution is -2.35. The van der Waals surface area contributed by atoms with E-state index in [9.17, 15) is 9.59 Å². The first-order chi connectivity index (χ1) is 10.6. The average Bonchev–Trinajstić information content (AvgIpc) is 3.10. The molecule has 3 aliphatic rings. The van der Waals surface area contributed by atoms with E-state index in [1.54, 1.807) is 19.2 Å². The van der Waals surface area contributed by atoms with Gasteiger partial charge in [0.2, 0.25) is 5.91 Å². The van der Waals surface area contributed by atoms with Gasteiger partial charge in [0.15, 0.2) is 0 Å². The van der Waals surface area contributed by atoms with Gasteiger partial charge in [-0.2, -0.15) is 0 Å². The largest absolute Gasteiger partial charge is 0.495 e. The van der Waals surface area contributed by atoms with Gasteiger partial charge in [0.05, 0.1) is 24.6 Å². The Hall–Kier alpha value is -1.56. The molecule has 5 nitrogen and oxygen atoms in total. The van der Waals surface area contributed by atoms with Gasteiger partial charge < -0.3 is 14.8 Å². The Morgan fingerprint density at radius 1 is 1.41 bits per heavy atom. The van der Waals surface area contributed by atoms with E-state index in [1.807, 2.05) is 6.07 Å². The first kappa shape index (κ1) is 14.1. The van der Waals surface area contributed by atoms with E-state index in [2.05, 4.69) is 21.2 Å². The summed E-state index contributed by atoms with van der Waals surface area (Å²) < 4.78 is 11.6. The number of benzene rings is 1. The number of ether oxygens (including phenoxy) is 2. The third-order valence-corrected chi connectivity index (χ3v) is 5.70. The summed E-state index contributed by atoms with van der Waals surface area (Å²) in [5.41, 5.74) is 0.626. The van der Waals surface area contributed by atoms with Crippen LogP contribution in [0.2, 0.25) is 0 Å². The lowest BCUT2D eigenvalue weighted by atomic mass is 9.79. The molecule has 1 amide bonds. The van der Waals surface area contributed by atoms with Crippen LogP contribution in [0.15, 0.2) is 22.7 Å². The van der Waals surface area contributed by atoms with Crippen molar-refractivity contribution in [2.45, 2.75) is 18.9 Å². The second-order valence-electron chi connectivity index (χ2n) is 6.26. The maximum Gasteiger partial charge on any atom is 0.310 e. The van der Waals surface area contributed by atoms with Crippen LogP contribution in [0.3, 0.4) is 0 Å². The fourth-order valence-corrected chi connectivity index (χ4v) is 4.69. The number of amides is 1. The highest BCUT2D eigenvalue weighted by molar-refractivity contribution is 9.10. The second kappa shape index (κ2) is 4.98. The third kappa shape index (κ3) is 1.96. The standard InChI is InChI=1S/C16H16BrNO4/c1-21-12-6-8(17)2-3-10(12)18-15(19)13-7-4-9-11(5-7)22-16(20)14(9)13/h2-3,6-7,9,11,13-14H,4-5H2,1H3,(H,18,19)/t7-,9+,11-,13+,14+/m1/s1. The number of fused-ring (bicyclic) bond motifs is 1. The molecule has 1 aromatic carbocycles. The molecular formula is C16H16BrNO4. The number of nitrogens with one attached hydrogen (secondary N) is 1. The number of hydrogen-bond acceptors (Lipinski definition) is 4. The number of carbonyl (C=O) groups is 2. The predicted molar refractivity (Wildman–Crippen MR) is 82.4 cm³/mol. The predicted octanol–water partition coefficient (Wildman–Crippen LogP) is 2.59. The number of halogens is 1. The van der Waals surface area contributed by atoms with Gasteiger partial charge in [-0.15, -0.1) is 0 Å². The SMILES string of the molecule is COc1cc(Br)ccc1NC(=O)[C@H]1[C@@H]2C[C@@H]3[C@@H]1C(=O)O[C@@H]3C2. The smallest absolute Gasteiger partial charge is 0.310 e. The van der Waals surface area contributed by atoms with E-state index in [0.29, 0.717) is 11.4 Å².